The van der Waals surface area contributed by atoms with Gasteiger partial charge in [-0.2, -0.15) is 0 Å². The van der Waals surface area contributed by atoms with E-state index in [1.54, 1.807) is 18.2 Å². The molecule has 1 N–H and O–H groups in total. The molecule has 1 saturated heterocycles. The van der Waals surface area contributed by atoms with Gasteiger partial charge in [-0.1, -0.05) is 74.0 Å². The smallest absolute Gasteiger partial charge is 0.326 e. The van der Waals surface area contributed by atoms with E-state index in [2.05, 4.69) is 13.8 Å². The molecule has 6 heteroatoms. The van der Waals surface area contributed by atoms with Gasteiger partial charge in [-0.25, -0.2) is 4.79 Å². The van der Waals surface area contributed by atoms with Gasteiger partial charge in [0.25, 0.3) is 5.91 Å². The number of likely N-dealkylation sites (tertiary alicyclic amines) is 1. The van der Waals surface area contributed by atoms with E-state index >= 15 is 0 Å². The third kappa shape index (κ3) is 4.95. The molecule has 0 saturated carbocycles. The maximum absolute atomic E-state index is 13.5. The number of hydrogen-bond donors (Lipinski definition) is 1. The molecule has 0 spiro atoms. The molecule has 34 heavy (non-hydrogen) atoms. The van der Waals surface area contributed by atoms with Gasteiger partial charge in [0.05, 0.1) is 12.6 Å². The summed E-state index contributed by atoms with van der Waals surface area (Å²) in [5, 5.41) is 10.3. The summed E-state index contributed by atoms with van der Waals surface area (Å²) in [5.74, 6) is -0.122. The van der Waals surface area contributed by atoms with E-state index < -0.39 is 12.0 Å². The number of halogens is 1. The van der Waals surface area contributed by atoms with Gasteiger partial charge < -0.3 is 14.7 Å². The SMILES string of the molecule is CC(C)COc1ccccc1-c1ccc(C(=O)N2C(c3ccccc3Cl)CC[C@H]2C(=O)O)cc1. The van der Waals surface area contributed by atoms with Gasteiger partial charge >= 0.3 is 5.97 Å². The number of nitrogens with zero attached hydrogens (tertiary/aromatic N) is 1. The molecule has 3 aromatic carbocycles. The third-order valence-electron chi connectivity index (χ3n) is 6.07. The predicted octanol–water partition coefficient (Wildman–Crippen LogP) is 6.47. The van der Waals surface area contributed by atoms with Crippen molar-refractivity contribution < 1.29 is 19.4 Å². The first kappa shape index (κ1) is 23.8. The van der Waals surface area contributed by atoms with Crippen molar-refractivity contribution in [2.75, 3.05) is 6.61 Å². The van der Waals surface area contributed by atoms with E-state index in [0.717, 1.165) is 22.4 Å². The molecule has 3 aromatic rings. The molecule has 0 aliphatic carbocycles. The van der Waals surface area contributed by atoms with Gasteiger partial charge in [0, 0.05) is 16.1 Å². The molecular weight excluding hydrogens is 450 g/mol. The first-order chi connectivity index (χ1) is 16.4. The molecule has 1 fully saturated rings. The van der Waals surface area contributed by atoms with Crippen molar-refractivity contribution in [3.63, 3.8) is 0 Å². The number of benzene rings is 3. The number of ether oxygens (including phenoxy) is 1. The highest BCUT2D eigenvalue weighted by molar-refractivity contribution is 6.31. The Hall–Kier alpha value is -3.31. The zero-order valence-corrected chi connectivity index (χ0v) is 20.0. The first-order valence-electron chi connectivity index (χ1n) is 11.5. The number of aliphatic carboxylic acids is 1. The number of carbonyl (C=O) groups excluding carboxylic acids is 1. The second-order valence-corrected chi connectivity index (χ2v) is 9.37. The lowest BCUT2D eigenvalue weighted by Crippen LogP contribution is -2.41. The summed E-state index contributed by atoms with van der Waals surface area (Å²) >= 11 is 6.40. The van der Waals surface area contributed by atoms with Crippen LogP contribution in [-0.4, -0.2) is 34.5 Å². The molecule has 4 rings (SSSR count). The Balaban J connectivity index is 1.63. The van der Waals surface area contributed by atoms with E-state index in [4.69, 9.17) is 16.3 Å². The summed E-state index contributed by atoms with van der Waals surface area (Å²) in [6.07, 6.45) is 0.931. The van der Waals surface area contributed by atoms with Crippen molar-refractivity contribution in [3.05, 3.63) is 88.9 Å². The molecule has 1 unspecified atom stereocenters. The van der Waals surface area contributed by atoms with Crippen molar-refractivity contribution in [2.24, 2.45) is 5.92 Å². The molecule has 2 atom stereocenters. The largest absolute Gasteiger partial charge is 0.493 e. The van der Waals surface area contributed by atoms with Crippen LogP contribution in [-0.2, 0) is 4.79 Å². The second-order valence-electron chi connectivity index (χ2n) is 8.96. The number of para-hydroxylation sites is 1. The molecule has 0 radical (unpaired) electrons. The molecule has 1 aliphatic rings. The highest BCUT2D eigenvalue weighted by atomic mass is 35.5. The quantitative estimate of drug-likeness (QED) is 0.423. The molecule has 0 aromatic heterocycles. The van der Waals surface area contributed by atoms with Crippen LogP contribution < -0.4 is 4.74 Å². The Bertz CT molecular complexity index is 1180. The molecule has 176 valence electrons. The molecule has 1 amide bonds. The van der Waals surface area contributed by atoms with Gasteiger partial charge in [0.15, 0.2) is 0 Å². The Morgan fingerprint density at radius 2 is 1.68 bits per heavy atom. The first-order valence-corrected chi connectivity index (χ1v) is 11.9. The van der Waals surface area contributed by atoms with E-state index in [9.17, 15) is 14.7 Å². The zero-order valence-electron chi connectivity index (χ0n) is 19.3. The Morgan fingerprint density at radius 3 is 2.35 bits per heavy atom. The summed E-state index contributed by atoms with van der Waals surface area (Å²) < 4.78 is 5.97. The summed E-state index contributed by atoms with van der Waals surface area (Å²) in [5.41, 5.74) is 3.08. The van der Waals surface area contributed by atoms with Crippen LogP contribution in [0.25, 0.3) is 11.1 Å². The van der Waals surface area contributed by atoms with Crippen molar-refractivity contribution in [1.29, 1.82) is 0 Å². The topological polar surface area (TPSA) is 66.8 Å². The minimum atomic E-state index is -1.00. The maximum Gasteiger partial charge on any atom is 0.326 e. The van der Waals surface area contributed by atoms with Crippen LogP contribution in [0.3, 0.4) is 0 Å². The Kier molecular flexibility index (Phi) is 7.23. The summed E-state index contributed by atoms with van der Waals surface area (Å²) in [4.78, 5) is 27.0. The van der Waals surface area contributed by atoms with Gasteiger partial charge in [-0.3, -0.25) is 4.79 Å². The molecule has 1 heterocycles. The standard InChI is InChI=1S/C28H28ClNO4/c1-18(2)17-34-26-10-6-4-7-21(26)19-11-13-20(14-12-19)27(31)30-24(15-16-25(30)28(32)33)22-8-3-5-9-23(22)29/h3-14,18,24-25H,15-17H2,1-2H3,(H,32,33)/t24?,25-/m0/s1. The van der Waals surface area contributed by atoms with Gasteiger partial charge in [-0.05, 0) is 54.2 Å². The molecule has 5 nitrogen and oxygen atoms in total. The van der Waals surface area contributed by atoms with Crippen molar-refractivity contribution in [1.82, 2.24) is 4.90 Å². The van der Waals surface area contributed by atoms with E-state index in [1.165, 1.54) is 4.90 Å². The minimum Gasteiger partial charge on any atom is -0.493 e. The number of carboxylic acids is 1. The Labute approximate surface area is 204 Å². The Morgan fingerprint density at radius 1 is 1.00 bits per heavy atom. The monoisotopic (exact) mass is 477 g/mol. The molecule has 0 bridgehead atoms. The van der Waals surface area contributed by atoms with Crippen LogP contribution in [0.2, 0.25) is 5.02 Å². The number of hydrogen-bond acceptors (Lipinski definition) is 3. The van der Waals surface area contributed by atoms with E-state index in [1.807, 2.05) is 54.6 Å². The lowest BCUT2D eigenvalue weighted by atomic mass is 10.0. The zero-order chi connectivity index (χ0) is 24.2. The maximum atomic E-state index is 13.5. The molecular formula is C28H28ClNO4. The lowest BCUT2D eigenvalue weighted by Gasteiger charge is -2.29. The van der Waals surface area contributed by atoms with Gasteiger partial charge in [-0.15, -0.1) is 0 Å². The normalized spacial score (nSPS) is 17.7. The average molecular weight is 478 g/mol. The van der Waals surface area contributed by atoms with Gasteiger partial charge in [0.2, 0.25) is 0 Å². The van der Waals surface area contributed by atoms with Crippen LogP contribution >= 0.6 is 11.6 Å². The minimum absolute atomic E-state index is 0.314. The number of rotatable bonds is 7. The van der Waals surface area contributed by atoms with E-state index in [-0.39, 0.29) is 11.9 Å². The second kappa shape index (κ2) is 10.3. The summed E-state index contributed by atoms with van der Waals surface area (Å²) in [6, 6.07) is 21.1. The average Bonchev–Trinajstić information content (AvgIpc) is 3.28. The van der Waals surface area contributed by atoms with Crippen LogP contribution in [0.1, 0.15) is 48.7 Å². The van der Waals surface area contributed by atoms with Crippen LogP contribution in [0.4, 0.5) is 0 Å². The van der Waals surface area contributed by atoms with Crippen LogP contribution in [0, 0.1) is 5.92 Å². The third-order valence-corrected chi connectivity index (χ3v) is 6.42. The van der Waals surface area contributed by atoms with Crippen LogP contribution in [0.5, 0.6) is 5.75 Å². The fourth-order valence-corrected chi connectivity index (χ4v) is 4.68. The number of carboxylic acid groups (broad SMARTS) is 1. The highest BCUT2D eigenvalue weighted by Gasteiger charge is 2.42. The fourth-order valence-electron chi connectivity index (χ4n) is 4.42. The summed E-state index contributed by atoms with van der Waals surface area (Å²) in [7, 11) is 0. The predicted molar refractivity (Wildman–Crippen MR) is 133 cm³/mol. The van der Waals surface area contributed by atoms with Crippen LogP contribution in [0.15, 0.2) is 72.8 Å². The summed E-state index contributed by atoms with van der Waals surface area (Å²) in [6.45, 7) is 4.81. The van der Waals surface area contributed by atoms with Gasteiger partial charge in [0.1, 0.15) is 11.8 Å². The van der Waals surface area contributed by atoms with Crippen molar-refractivity contribution in [2.45, 2.75) is 38.8 Å². The van der Waals surface area contributed by atoms with Crippen molar-refractivity contribution >= 4 is 23.5 Å². The highest BCUT2D eigenvalue weighted by Crippen LogP contribution is 2.40. The number of carbonyl (C=O) groups is 2. The van der Waals surface area contributed by atoms with E-state index in [0.29, 0.717) is 36.0 Å². The lowest BCUT2D eigenvalue weighted by molar-refractivity contribution is -0.141. The number of amides is 1. The molecule has 1 aliphatic heterocycles. The van der Waals surface area contributed by atoms with Crippen molar-refractivity contribution in [3.8, 4) is 16.9 Å². The fraction of sp³-hybridized carbons (Fsp3) is 0.286.